The van der Waals surface area contributed by atoms with Crippen molar-refractivity contribution in [3.8, 4) is 0 Å². The van der Waals surface area contributed by atoms with Crippen LogP contribution in [-0.4, -0.2) is 30.1 Å². The minimum Gasteiger partial charge on any atom is -0.381 e. The van der Waals surface area contributed by atoms with Crippen LogP contribution in [0.15, 0.2) is 18.2 Å². The van der Waals surface area contributed by atoms with Crippen LogP contribution in [0.5, 0.6) is 0 Å². The van der Waals surface area contributed by atoms with Crippen LogP contribution < -0.4 is 16.6 Å². The quantitative estimate of drug-likeness (QED) is 0.426. The van der Waals surface area contributed by atoms with Gasteiger partial charge in [0.25, 0.3) is 11.6 Å². The van der Waals surface area contributed by atoms with Gasteiger partial charge in [0.05, 0.1) is 11.0 Å². The Bertz CT molecular complexity index is 549. The van der Waals surface area contributed by atoms with Gasteiger partial charge in [0, 0.05) is 24.9 Å². The molecule has 1 fully saturated rings. The molecule has 114 valence electrons. The van der Waals surface area contributed by atoms with Gasteiger partial charge in [-0.15, -0.1) is 0 Å². The van der Waals surface area contributed by atoms with Gasteiger partial charge in [-0.1, -0.05) is 0 Å². The lowest BCUT2D eigenvalue weighted by Crippen LogP contribution is -2.33. The average molecular weight is 294 g/mol. The van der Waals surface area contributed by atoms with Crippen LogP contribution in [0.2, 0.25) is 0 Å². The second-order valence-electron chi connectivity index (χ2n) is 4.97. The van der Waals surface area contributed by atoms with E-state index in [1.807, 2.05) is 0 Å². The Kier molecular flexibility index (Phi) is 4.71. The fraction of sp³-hybridized carbons (Fsp3) is 0.462. The van der Waals surface area contributed by atoms with Crippen molar-refractivity contribution in [2.75, 3.05) is 12.5 Å². The van der Waals surface area contributed by atoms with Crippen LogP contribution in [0.4, 0.5) is 11.4 Å². The van der Waals surface area contributed by atoms with Crippen molar-refractivity contribution in [1.29, 1.82) is 0 Å². The highest BCUT2D eigenvalue weighted by atomic mass is 16.6. The van der Waals surface area contributed by atoms with Crippen molar-refractivity contribution in [1.82, 2.24) is 5.32 Å². The Balaban J connectivity index is 2.16. The molecule has 21 heavy (non-hydrogen) atoms. The Morgan fingerprint density at radius 3 is 2.81 bits per heavy atom. The smallest absolute Gasteiger partial charge is 0.282 e. The highest BCUT2D eigenvalue weighted by molar-refractivity contribution is 5.99. The number of amides is 1. The molecule has 8 nitrogen and oxygen atoms in total. The molecule has 1 aliphatic rings. The molecule has 1 aromatic rings. The number of nitro groups is 1. The summed E-state index contributed by atoms with van der Waals surface area (Å²) in [5.74, 6) is 4.81. The number of rotatable bonds is 5. The maximum absolute atomic E-state index is 12.3. The zero-order chi connectivity index (χ0) is 15.4. The summed E-state index contributed by atoms with van der Waals surface area (Å²) in [6, 6.07) is 4.05. The second-order valence-corrected chi connectivity index (χ2v) is 4.97. The van der Waals surface area contributed by atoms with Crippen molar-refractivity contribution in [2.45, 2.75) is 31.4 Å². The van der Waals surface area contributed by atoms with Crippen LogP contribution in [-0.2, 0) is 4.74 Å². The third-order valence-electron chi connectivity index (χ3n) is 3.66. The van der Waals surface area contributed by atoms with Gasteiger partial charge in [-0.2, -0.15) is 0 Å². The molecule has 0 saturated heterocycles. The van der Waals surface area contributed by atoms with E-state index in [9.17, 15) is 14.9 Å². The summed E-state index contributed by atoms with van der Waals surface area (Å²) in [6.07, 6.45) is 2.51. The zero-order valence-electron chi connectivity index (χ0n) is 11.7. The van der Waals surface area contributed by atoms with Gasteiger partial charge in [-0.25, -0.2) is 0 Å². The standard InChI is InChI=1S/C13H18N4O4/c1-21-10-4-2-8(6-10)15-13(18)11-7-9(16-14)3-5-12(11)17(19)20/h3,5,7-8,10,16H,2,4,6,14H2,1H3,(H,15,18). The Morgan fingerprint density at radius 1 is 1.48 bits per heavy atom. The predicted molar refractivity (Wildman–Crippen MR) is 76.8 cm³/mol. The zero-order valence-corrected chi connectivity index (χ0v) is 11.7. The van der Waals surface area contributed by atoms with Gasteiger partial charge in [-0.3, -0.25) is 20.8 Å². The number of carbonyl (C=O) groups excluding carboxylic acids is 1. The molecule has 2 rings (SSSR count). The molecular formula is C13H18N4O4. The number of nitrogen functional groups attached to an aromatic ring is 1. The molecule has 0 bridgehead atoms. The molecule has 1 amide bonds. The van der Waals surface area contributed by atoms with Crippen LogP contribution >= 0.6 is 0 Å². The molecule has 8 heteroatoms. The average Bonchev–Trinajstić information content (AvgIpc) is 2.94. The maximum Gasteiger partial charge on any atom is 0.282 e. The van der Waals surface area contributed by atoms with E-state index in [2.05, 4.69) is 10.7 Å². The number of hydrogen-bond donors (Lipinski definition) is 3. The summed E-state index contributed by atoms with van der Waals surface area (Å²) in [4.78, 5) is 22.7. The summed E-state index contributed by atoms with van der Waals surface area (Å²) in [7, 11) is 1.64. The van der Waals surface area contributed by atoms with E-state index in [1.54, 1.807) is 7.11 Å². The molecule has 0 heterocycles. The number of benzene rings is 1. The van der Waals surface area contributed by atoms with E-state index in [0.717, 1.165) is 12.8 Å². The first-order valence-corrected chi connectivity index (χ1v) is 6.64. The fourth-order valence-electron chi connectivity index (χ4n) is 2.52. The number of nitrogens with zero attached hydrogens (tertiary/aromatic N) is 1. The normalized spacial score (nSPS) is 21.0. The Labute approximate surface area is 121 Å². The number of nitrogens with two attached hydrogens (primary N) is 1. The predicted octanol–water partition coefficient (Wildman–Crippen LogP) is 1.18. The third kappa shape index (κ3) is 3.47. The lowest BCUT2D eigenvalue weighted by Gasteiger charge is -2.13. The van der Waals surface area contributed by atoms with E-state index < -0.39 is 10.8 Å². The first-order valence-electron chi connectivity index (χ1n) is 6.64. The highest BCUT2D eigenvalue weighted by Crippen LogP contribution is 2.25. The van der Waals surface area contributed by atoms with Gasteiger partial charge < -0.3 is 15.5 Å². The second kappa shape index (κ2) is 6.51. The summed E-state index contributed by atoms with van der Waals surface area (Å²) in [5, 5.41) is 13.8. The van der Waals surface area contributed by atoms with E-state index in [-0.39, 0.29) is 23.4 Å². The number of anilines is 1. The van der Waals surface area contributed by atoms with Crippen molar-refractivity contribution in [3.05, 3.63) is 33.9 Å². The summed E-state index contributed by atoms with van der Waals surface area (Å²) in [5.41, 5.74) is 2.57. The number of nitro benzene ring substituents is 1. The van der Waals surface area contributed by atoms with E-state index >= 15 is 0 Å². The van der Waals surface area contributed by atoms with E-state index in [1.165, 1.54) is 18.2 Å². The minimum atomic E-state index is -0.582. The maximum atomic E-state index is 12.3. The molecule has 1 aliphatic carbocycles. The molecule has 2 unspecified atom stereocenters. The van der Waals surface area contributed by atoms with E-state index in [4.69, 9.17) is 10.6 Å². The number of hydrazine groups is 1. The molecule has 4 N–H and O–H groups in total. The fourth-order valence-corrected chi connectivity index (χ4v) is 2.52. The highest BCUT2D eigenvalue weighted by Gasteiger charge is 2.28. The molecule has 2 atom stereocenters. The first-order chi connectivity index (χ1) is 10.0. The van der Waals surface area contributed by atoms with Crippen molar-refractivity contribution in [3.63, 3.8) is 0 Å². The summed E-state index contributed by atoms with van der Waals surface area (Å²) >= 11 is 0. The number of ether oxygens (including phenoxy) is 1. The SMILES string of the molecule is COC1CCC(NC(=O)c2cc(NN)ccc2[N+](=O)[O-])C1. The van der Waals surface area contributed by atoms with Gasteiger partial charge >= 0.3 is 0 Å². The Hall–Kier alpha value is -2.19. The van der Waals surface area contributed by atoms with Gasteiger partial charge in [0.1, 0.15) is 5.56 Å². The van der Waals surface area contributed by atoms with Gasteiger partial charge in [0.2, 0.25) is 0 Å². The Morgan fingerprint density at radius 2 is 2.24 bits per heavy atom. The number of methoxy groups -OCH3 is 1. The number of hydrogen-bond acceptors (Lipinski definition) is 6. The van der Waals surface area contributed by atoms with Crippen molar-refractivity contribution < 1.29 is 14.5 Å². The number of carbonyl (C=O) groups is 1. The number of nitrogens with one attached hydrogen (secondary N) is 2. The van der Waals surface area contributed by atoms with Crippen molar-refractivity contribution >= 4 is 17.3 Å². The van der Waals surface area contributed by atoms with Crippen molar-refractivity contribution in [2.24, 2.45) is 5.84 Å². The summed E-state index contributed by atoms with van der Waals surface area (Å²) < 4.78 is 5.24. The van der Waals surface area contributed by atoms with Gasteiger partial charge in [0.15, 0.2) is 0 Å². The molecule has 0 aliphatic heterocycles. The molecule has 1 aromatic carbocycles. The molecule has 1 saturated carbocycles. The largest absolute Gasteiger partial charge is 0.381 e. The van der Waals surface area contributed by atoms with Crippen LogP contribution in [0.3, 0.4) is 0 Å². The third-order valence-corrected chi connectivity index (χ3v) is 3.66. The molecule has 0 spiro atoms. The van der Waals surface area contributed by atoms with Crippen LogP contribution in [0.25, 0.3) is 0 Å². The van der Waals surface area contributed by atoms with Crippen LogP contribution in [0, 0.1) is 10.1 Å². The van der Waals surface area contributed by atoms with E-state index in [0.29, 0.717) is 12.1 Å². The van der Waals surface area contributed by atoms with Gasteiger partial charge in [-0.05, 0) is 31.4 Å². The first kappa shape index (κ1) is 15.2. The lowest BCUT2D eigenvalue weighted by atomic mass is 10.1. The molecule has 0 aromatic heterocycles. The lowest BCUT2D eigenvalue weighted by molar-refractivity contribution is -0.385. The summed E-state index contributed by atoms with van der Waals surface area (Å²) in [6.45, 7) is 0. The van der Waals surface area contributed by atoms with Crippen LogP contribution in [0.1, 0.15) is 29.6 Å². The molecule has 0 radical (unpaired) electrons. The monoisotopic (exact) mass is 294 g/mol. The topological polar surface area (TPSA) is 120 Å². The minimum absolute atomic E-state index is 0.00341. The molecular weight excluding hydrogens is 276 g/mol.